The number of ether oxygens (including phenoxy) is 2. The Balaban J connectivity index is 1.41. The number of carbonyl (C=O) groups is 1. The van der Waals surface area contributed by atoms with E-state index in [1.807, 2.05) is 71.6 Å². The van der Waals surface area contributed by atoms with E-state index in [9.17, 15) is 9.90 Å². The fourth-order valence-corrected chi connectivity index (χ4v) is 5.60. The Hall–Kier alpha value is -3.05. The van der Waals surface area contributed by atoms with E-state index in [0.29, 0.717) is 12.8 Å². The molecule has 32 heavy (non-hydrogen) atoms. The normalized spacial score (nSPS) is 24.9. The maximum absolute atomic E-state index is 13.0. The van der Waals surface area contributed by atoms with Crippen LogP contribution >= 0.6 is 0 Å². The Bertz CT molecular complexity index is 1100. The van der Waals surface area contributed by atoms with Gasteiger partial charge < -0.3 is 19.5 Å². The molecule has 0 spiro atoms. The van der Waals surface area contributed by atoms with Crippen molar-refractivity contribution in [3.05, 3.63) is 77.9 Å². The van der Waals surface area contributed by atoms with Gasteiger partial charge in [0.05, 0.1) is 12.7 Å². The van der Waals surface area contributed by atoms with Crippen LogP contribution in [0.25, 0.3) is 10.8 Å². The van der Waals surface area contributed by atoms with Crippen molar-refractivity contribution in [2.45, 2.75) is 56.4 Å². The first-order valence-electron chi connectivity index (χ1n) is 11.4. The number of hydrogen-bond acceptors (Lipinski definition) is 4. The SMILES string of the molecule is COc1ccc(C2(O)CC3CCCC(C2)N3C(=O)OCc2ccccc2)c2ccccc12. The highest BCUT2D eigenvalue weighted by atomic mass is 16.6. The summed E-state index contributed by atoms with van der Waals surface area (Å²) < 4.78 is 11.2. The van der Waals surface area contributed by atoms with Gasteiger partial charge in [-0.15, -0.1) is 0 Å². The quantitative estimate of drug-likeness (QED) is 0.602. The molecule has 0 radical (unpaired) electrons. The second kappa shape index (κ2) is 8.47. The highest BCUT2D eigenvalue weighted by molar-refractivity contribution is 5.91. The van der Waals surface area contributed by atoms with Crippen LogP contribution in [0.2, 0.25) is 0 Å². The van der Waals surface area contributed by atoms with Crippen LogP contribution in [0.5, 0.6) is 5.75 Å². The Kier molecular flexibility index (Phi) is 5.51. The predicted octanol–water partition coefficient (Wildman–Crippen LogP) is 5.39. The van der Waals surface area contributed by atoms with Crippen molar-refractivity contribution in [1.82, 2.24) is 4.90 Å². The lowest BCUT2D eigenvalue weighted by molar-refractivity contribution is -0.0888. The number of benzene rings is 3. The Morgan fingerprint density at radius 3 is 2.31 bits per heavy atom. The first kappa shape index (κ1) is 20.8. The molecule has 2 aliphatic heterocycles. The number of fused-ring (bicyclic) bond motifs is 3. The van der Waals surface area contributed by atoms with Crippen molar-refractivity contribution in [3.63, 3.8) is 0 Å². The number of aliphatic hydroxyl groups is 1. The standard InChI is InChI=1S/C27H29NO4/c1-31-25-15-14-24(22-12-5-6-13-23(22)25)27(30)16-20-10-7-11-21(17-27)28(20)26(29)32-18-19-8-3-2-4-9-19/h2-6,8-9,12-15,20-21,30H,7,10-11,16-18H2,1H3. The smallest absolute Gasteiger partial charge is 0.410 e. The molecule has 2 atom stereocenters. The van der Waals surface area contributed by atoms with E-state index in [4.69, 9.17) is 9.47 Å². The molecule has 5 heteroatoms. The van der Waals surface area contributed by atoms with Crippen molar-refractivity contribution in [3.8, 4) is 5.75 Å². The van der Waals surface area contributed by atoms with Crippen molar-refractivity contribution in [2.75, 3.05) is 7.11 Å². The Morgan fingerprint density at radius 2 is 1.62 bits per heavy atom. The second-order valence-electron chi connectivity index (χ2n) is 8.99. The summed E-state index contributed by atoms with van der Waals surface area (Å²) in [5, 5.41) is 13.9. The van der Waals surface area contributed by atoms with Gasteiger partial charge in [-0.3, -0.25) is 0 Å². The van der Waals surface area contributed by atoms with Crippen molar-refractivity contribution in [2.24, 2.45) is 0 Å². The first-order chi connectivity index (χ1) is 15.6. The topological polar surface area (TPSA) is 59.0 Å². The van der Waals surface area contributed by atoms with E-state index in [1.54, 1.807) is 7.11 Å². The molecule has 1 N–H and O–H groups in total. The average molecular weight is 432 g/mol. The molecule has 2 fully saturated rings. The van der Waals surface area contributed by atoms with Gasteiger partial charge in [-0.05, 0) is 41.8 Å². The van der Waals surface area contributed by atoms with E-state index >= 15 is 0 Å². The van der Waals surface area contributed by atoms with Gasteiger partial charge in [-0.1, -0.05) is 60.7 Å². The molecule has 2 aliphatic rings. The minimum absolute atomic E-state index is 0.0309. The molecule has 5 rings (SSSR count). The van der Waals surface area contributed by atoms with Gasteiger partial charge in [0.25, 0.3) is 0 Å². The lowest BCUT2D eigenvalue weighted by Gasteiger charge is -2.51. The van der Waals surface area contributed by atoms with E-state index < -0.39 is 5.60 Å². The zero-order chi connectivity index (χ0) is 22.1. The van der Waals surface area contributed by atoms with Crippen molar-refractivity contribution < 1.29 is 19.4 Å². The number of hydrogen-bond donors (Lipinski definition) is 1. The van der Waals surface area contributed by atoms with Crippen LogP contribution in [0, 0.1) is 0 Å². The third kappa shape index (κ3) is 3.71. The number of methoxy groups -OCH3 is 1. The van der Waals surface area contributed by atoms with Crippen LogP contribution < -0.4 is 4.74 Å². The third-order valence-corrected chi connectivity index (χ3v) is 7.03. The molecule has 3 aromatic rings. The molecular weight excluding hydrogens is 402 g/mol. The van der Waals surface area contributed by atoms with Crippen LogP contribution in [0.1, 0.15) is 43.2 Å². The van der Waals surface area contributed by atoms with Crippen molar-refractivity contribution in [1.29, 1.82) is 0 Å². The summed E-state index contributed by atoms with van der Waals surface area (Å²) in [4.78, 5) is 14.9. The minimum atomic E-state index is -0.988. The van der Waals surface area contributed by atoms with Crippen LogP contribution in [-0.2, 0) is 16.9 Å². The summed E-state index contributed by atoms with van der Waals surface area (Å²) in [6.45, 7) is 0.267. The summed E-state index contributed by atoms with van der Waals surface area (Å²) in [5.74, 6) is 0.801. The van der Waals surface area contributed by atoms with Gasteiger partial charge in [-0.2, -0.15) is 0 Å². The average Bonchev–Trinajstić information content (AvgIpc) is 2.82. The van der Waals surface area contributed by atoms with Gasteiger partial charge in [-0.25, -0.2) is 4.79 Å². The number of piperidine rings is 2. The maximum Gasteiger partial charge on any atom is 0.410 e. The van der Waals surface area contributed by atoms with Crippen LogP contribution in [-0.4, -0.2) is 35.3 Å². The number of nitrogens with zero attached hydrogens (tertiary/aromatic N) is 1. The molecule has 2 heterocycles. The zero-order valence-electron chi connectivity index (χ0n) is 18.4. The summed E-state index contributed by atoms with van der Waals surface area (Å²) in [6, 6.07) is 21.7. The van der Waals surface area contributed by atoms with Gasteiger partial charge >= 0.3 is 6.09 Å². The van der Waals surface area contributed by atoms with E-state index in [-0.39, 0.29) is 24.8 Å². The summed E-state index contributed by atoms with van der Waals surface area (Å²) >= 11 is 0. The number of carbonyl (C=O) groups excluding carboxylic acids is 1. The highest BCUT2D eigenvalue weighted by Gasteiger charge is 2.49. The van der Waals surface area contributed by atoms with Crippen LogP contribution in [0.15, 0.2) is 66.7 Å². The Labute approximate surface area is 188 Å². The minimum Gasteiger partial charge on any atom is -0.496 e. The maximum atomic E-state index is 13.0. The lowest BCUT2D eigenvalue weighted by atomic mass is 9.71. The van der Waals surface area contributed by atoms with Crippen LogP contribution in [0.3, 0.4) is 0 Å². The van der Waals surface area contributed by atoms with E-state index in [2.05, 4.69) is 0 Å². The van der Waals surface area contributed by atoms with Gasteiger partial charge in [0.1, 0.15) is 12.4 Å². The fourth-order valence-electron chi connectivity index (χ4n) is 5.60. The highest BCUT2D eigenvalue weighted by Crippen LogP contribution is 2.47. The molecule has 2 unspecified atom stereocenters. The van der Waals surface area contributed by atoms with E-state index in [1.165, 1.54) is 0 Å². The summed E-state index contributed by atoms with van der Waals surface area (Å²) in [5.41, 5.74) is 0.907. The monoisotopic (exact) mass is 431 g/mol. The molecule has 2 bridgehead atoms. The molecule has 5 nitrogen and oxygen atoms in total. The molecule has 0 aromatic heterocycles. The first-order valence-corrected chi connectivity index (χ1v) is 11.4. The van der Waals surface area contributed by atoms with Crippen LogP contribution in [0.4, 0.5) is 4.79 Å². The van der Waals surface area contributed by atoms with E-state index in [0.717, 1.165) is 46.9 Å². The second-order valence-corrected chi connectivity index (χ2v) is 8.99. The third-order valence-electron chi connectivity index (χ3n) is 7.03. The molecule has 1 amide bonds. The fraction of sp³-hybridized carbons (Fsp3) is 0.370. The molecule has 2 saturated heterocycles. The zero-order valence-corrected chi connectivity index (χ0v) is 18.4. The molecular formula is C27H29NO4. The molecule has 0 aliphatic carbocycles. The van der Waals surface area contributed by atoms with Gasteiger partial charge in [0, 0.05) is 30.3 Å². The summed E-state index contributed by atoms with van der Waals surface area (Å²) in [7, 11) is 1.67. The van der Waals surface area contributed by atoms with Gasteiger partial charge in [0.15, 0.2) is 0 Å². The van der Waals surface area contributed by atoms with Crippen molar-refractivity contribution >= 4 is 16.9 Å². The molecule has 166 valence electrons. The summed E-state index contributed by atoms with van der Waals surface area (Å²) in [6.07, 6.45) is 3.59. The lowest BCUT2D eigenvalue weighted by Crippen LogP contribution is -2.58. The van der Waals surface area contributed by atoms with Gasteiger partial charge in [0.2, 0.25) is 0 Å². The predicted molar refractivity (Wildman–Crippen MR) is 124 cm³/mol. The number of amides is 1. The molecule has 0 saturated carbocycles. The largest absolute Gasteiger partial charge is 0.496 e. The number of rotatable bonds is 4. The molecule has 3 aromatic carbocycles. The Morgan fingerprint density at radius 1 is 0.969 bits per heavy atom.